The van der Waals surface area contributed by atoms with Crippen LogP contribution in [0.3, 0.4) is 0 Å². The lowest BCUT2D eigenvalue weighted by atomic mass is 10.3. The quantitative estimate of drug-likeness (QED) is 0.604. The zero-order valence-corrected chi connectivity index (χ0v) is 6.17. The molecule has 0 bridgehead atoms. The fourth-order valence-electron chi connectivity index (χ4n) is 0.563. The summed E-state index contributed by atoms with van der Waals surface area (Å²) in [7, 11) is -4.16. The molecule has 0 aliphatic heterocycles. The second-order valence-corrected chi connectivity index (χ2v) is 3.31. The summed E-state index contributed by atoms with van der Waals surface area (Å²) in [6.07, 6.45) is 0. The fourth-order valence-corrected chi connectivity index (χ4v) is 1.01. The van der Waals surface area contributed by atoms with Gasteiger partial charge in [0.25, 0.3) is 10.1 Å². The summed E-state index contributed by atoms with van der Waals surface area (Å²) in [5.41, 5.74) is 0. The van der Waals surface area contributed by atoms with Crippen LogP contribution >= 0.6 is 0 Å². The second-order valence-electron chi connectivity index (χ2n) is 1.88. The molecule has 11 heavy (non-hydrogen) atoms. The Kier molecular flexibility index (Phi) is 1.84. The summed E-state index contributed by atoms with van der Waals surface area (Å²) in [5.74, 6) is -0.169. The first-order valence-electron chi connectivity index (χ1n) is 2.68. The normalized spacial score (nSPS) is 11.4. The molecule has 1 aromatic carbocycles. The molecule has 0 fully saturated rings. The van der Waals surface area contributed by atoms with E-state index in [0.717, 1.165) is 18.2 Å². The van der Waals surface area contributed by atoms with E-state index in [-0.39, 0.29) is 10.6 Å². The van der Waals surface area contributed by atoms with Gasteiger partial charge in [0.05, 0.1) is 4.90 Å². The van der Waals surface area contributed by atoms with Gasteiger partial charge < -0.3 is 5.11 Å². The number of phenolic OH excluding ortho intramolecular Hbond substituents is 1. The van der Waals surface area contributed by atoms with E-state index in [9.17, 15) is 8.42 Å². The van der Waals surface area contributed by atoms with Crippen LogP contribution in [0.15, 0.2) is 23.1 Å². The summed E-state index contributed by atoms with van der Waals surface area (Å²) < 4.78 is 29.2. The van der Waals surface area contributed by atoms with Gasteiger partial charge in [-0.3, -0.25) is 4.55 Å². The summed E-state index contributed by atoms with van der Waals surface area (Å²) in [5, 5.41) is 8.69. The molecular weight excluding hydrogens is 168 g/mol. The van der Waals surface area contributed by atoms with Crippen molar-refractivity contribution < 1.29 is 18.1 Å². The molecule has 1 aromatic rings. The van der Waals surface area contributed by atoms with Gasteiger partial charge in [-0.15, -0.1) is 0 Å². The Morgan fingerprint density at radius 2 is 2.00 bits per heavy atom. The van der Waals surface area contributed by atoms with E-state index in [2.05, 4.69) is 6.07 Å². The molecule has 0 aliphatic rings. The third kappa shape index (κ3) is 1.92. The fraction of sp³-hybridized carbons (Fsp3) is 0. The molecule has 0 unspecified atom stereocenters. The van der Waals surface area contributed by atoms with Gasteiger partial charge >= 0.3 is 0 Å². The highest BCUT2D eigenvalue weighted by atomic mass is 32.2. The largest absolute Gasteiger partial charge is 0.507 e. The van der Waals surface area contributed by atoms with E-state index >= 15 is 0 Å². The Labute approximate surface area is 63.9 Å². The summed E-state index contributed by atoms with van der Waals surface area (Å²) >= 11 is 0. The van der Waals surface area contributed by atoms with E-state index in [0.29, 0.717) is 0 Å². The van der Waals surface area contributed by atoms with Crippen molar-refractivity contribution in [3.8, 4) is 5.75 Å². The van der Waals surface area contributed by atoms with Crippen LogP contribution in [0.25, 0.3) is 0 Å². The van der Waals surface area contributed by atoms with Crippen LogP contribution < -0.4 is 0 Å². The minimum Gasteiger partial charge on any atom is -0.507 e. The molecule has 1 rings (SSSR count). The Balaban J connectivity index is 3.20. The van der Waals surface area contributed by atoms with Crippen molar-refractivity contribution in [3.05, 3.63) is 24.3 Å². The minimum atomic E-state index is -4.16. The van der Waals surface area contributed by atoms with Crippen molar-refractivity contribution in [2.45, 2.75) is 4.90 Å². The van der Waals surface area contributed by atoms with Crippen LogP contribution in [-0.4, -0.2) is 18.1 Å². The van der Waals surface area contributed by atoms with Crippen molar-refractivity contribution in [1.82, 2.24) is 0 Å². The predicted octanol–water partition coefficient (Wildman–Crippen LogP) is 0.439. The number of phenols is 1. The number of hydrogen-bond donors (Lipinski definition) is 2. The maximum Gasteiger partial charge on any atom is 0.294 e. The van der Waals surface area contributed by atoms with Crippen molar-refractivity contribution in [2.24, 2.45) is 0 Å². The average molecular weight is 173 g/mol. The summed E-state index contributed by atoms with van der Waals surface area (Å²) in [6, 6.07) is 5.43. The van der Waals surface area contributed by atoms with Gasteiger partial charge in [-0.1, -0.05) is 0 Å². The first-order valence-corrected chi connectivity index (χ1v) is 4.12. The number of benzene rings is 1. The Hall–Kier alpha value is -1.07. The molecule has 1 radical (unpaired) electrons. The molecule has 0 spiro atoms. The average Bonchev–Trinajstić information content (AvgIpc) is 1.86. The summed E-state index contributed by atoms with van der Waals surface area (Å²) in [4.78, 5) is -0.282. The number of rotatable bonds is 1. The van der Waals surface area contributed by atoms with Gasteiger partial charge in [0.2, 0.25) is 0 Å². The zero-order chi connectivity index (χ0) is 8.48. The molecular formula is C6H5O4S. The van der Waals surface area contributed by atoms with Crippen molar-refractivity contribution >= 4 is 10.1 Å². The highest BCUT2D eigenvalue weighted by Crippen LogP contribution is 2.12. The molecule has 4 nitrogen and oxygen atoms in total. The van der Waals surface area contributed by atoms with Crippen LogP contribution in [0.1, 0.15) is 0 Å². The number of hydrogen-bond acceptors (Lipinski definition) is 3. The Morgan fingerprint density at radius 3 is 2.36 bits per heavy atom. The standard InChI is InChI=1S/C6H5O4S/c7-5-1-3-6(4-2-5)11(8,9)10/h1,3-4,7H,(H,8,9,10). The van der Waals surface area contributed by atoms with Crippen molar-refractivity contribution in [1.29, 1.82) is 0 Å². The predicted molar refractivity (Wildman–Crippen MR) is 36.8 cm³/mol. The Morgan fingerprint density at radius 1 is 1.36 bits per heavy atom. The second kappa shape index (κ2) is 2.52. The first-order chi connectivity index (χ1) is 5.00. The lowest BCUT2D eigenvalue weighted by Crippen LogP contribution is -1.96. The molecule has 0 atom stereocenters. The van der Waals surface area contributed by atoms with Crippen LogP contribution in [0.4, 0.5) is 0 Å². The van der Waals surface area contributed by atoms with Gasteiger partial charge in [0.15, 0.2) is 0 Å². The Bertz CT molecular complexity index is 337. The topological polar surface area (TPSA) is 74.6 Å². The van der Waals surface area contributed by atoms with Crippen LogP contribution in [0.2, 0.25) is 0 Å². The maximum absolute atomic E-state index is 10.4. The van der Waals surface area contributed by atoms with Gasteiger partial charge in [-0.2, -0.15) is 8.42 Å². The van der Waals surface area contributed by atoms with Gasteiger partial charge in [0.1, 0.15) is 5.75 Å². The van der Waals surface area contributed by atoms with E-state index in [1.54, 1.807) is 0 Å². The van der Waals surface area contributed by atoms with Gasteiger partial charge in [-0.05, 0) is 18.2 Å². The summed E-state index contributed by atoms with van der Waals surface area (Å²) in [6.45, 7) is 0. The number of aromatic hydroxyl groups is 1. The highest BCUT2D eigenvalue weighted by molar-refractivity contribution is 7.85. The molecule has 2 N–H and O–H groups in total. The van der Waals surface area contributed by atoms with Gasteiger partial charge in [0, 0.05) is 6.07 Å². The van der Waals surface area contributed by atoms with E-state index in [1.807, 2.05) is 0 Å². The lowest BCUT2D eigenvalue weighted by molar-refractivity contribution is 0.471. The van der Waals surface area contributed by atoms with E-state index in [1.165, 1.54) is 0 Å². The van der Waals surface area contributed by atoms with Crippen LogP contribution in [0.5, 0.6) is 5.75 Å². The van der Waals surface area contributed by atoms with E-state index in [4.69, 9.17) is 9.66 Å². The first kappa shape index (κ1) is 8.03. The smallest absolute Gasteiger partial charge is 0.294 e. The van der Waals surface area contributed by atoms with E-state index < -0.39 is 10.1 Å². The van der Waals surface area contributed by atoms with Crippen molar-refractivity contribution in [2.75, 3.05) is 0 Å². The zero-order valence-electron chi connectivity index (χ0n) is 5.35. The molecule has 0 amide bonds. The molecule has 0 aliphatic carbocycles. The SMILES string of the molecule is O=S(=O)(O)c1c[c]c(O)cc1. The molecule has 59 valence electrons. The highest BCUT2D eigenvalue weighted by Gasteiger charge is 2.07. The monoisotopic (exact) mass is 173 g/mol. The van der Waals surface area contributed by atoms with Crippen LogP contribution in [0, 0.1) is 6.07 Å². The van der Waals surface area contributed by atoms with Crippen molar-refractivity contribution in [3.63, 3.8) is 0 Å². The van der Waals surface area contributed by atoms with Gasteiger partial charge in [-0.25, -0.2) is 0 Å². The molecule has 0 heterocycles. The molecule has 0 saturated carbocycles. The lowest BCUT2D eigenvalue weighted by Gasteiger charge is -1.94. The molecule has 0 aromatic heterocycles. The van der Waals surface area contributed by atoms with Crippen LogP contribution in [-0.2, 0) is 10.1 Å². The molecule has 0 saturated heterocycles. The third-order valence-electron chi connectivity index (χ3n) is 1.07. The molecule has 5 heteroatoms. The minimum absolute atomic E-state index is 0.169. The third-order valence-corrected chi connectivity index (χ3v) is 1.92. The maximum atomic E-state index is 10.4.